The lowest BCUT2D eigenvalue weighted by Gasteiger charge is -2.47. The predicted octanol–water partition coefficient (Wildman–Crippen LogP) is 2.61. The molecule has 138 valence electrons. The van der Waals surface area contributed by atoms with Crippen LogP contribution >= 0.6 is 24.2 Å². The van der Waals surface area contributed by atoms with Crippen LogP contribution in [0.4, 0.5) is 4.79 Å². The maximum atomic E-state index is 12.8. The largest absolute Gasteiger partial charge is 0.447 e. The molecule has 2 rings (SSSR count). The van der Waals surface area contributed by atoms with Crippen LogP contribution < -0.4 is 0 Å². The molecule has 1 spiro atoms. The summed E-state index contributed by atoms with van der Waals surface area (Å²) in [6, 6.07) is 0. The minimum Gasteiger partial charge on any atom is -0.447 e. The molecule has 2 amide bonds. The zero-order chi connectivity index (χ0) is 19.4. The molecule has 6 nitrogen and oxygen atoms in total. The van der Waals surface area contributed by atoms with Crippen molar-refractivity contribution in [1.82, 2.24) is 9.80 Å². The van der Waals surface area contributed by atoms with E-state index in [1.807, 2.05) is 0 Å². The van der Waals surface area contributed by atoms with Crippen LogP contribution in [0.1, 0.15) is 13.8 Å². The SMILES string of the molecule is C=CC1=C(C(=C)Cl)C2(CN(C(=O)OC(C)C)C2)C(=O)N1CC=O.CS. The molecule has 1 fully saturated rings. The van der Waals surface area contributed by atoms with Crippen molar-refractivity contribution in [3.05, 3.63) is 35.5 Å². The van der Waals surface area contributed by atoms with E-state index >= 15 is 0 Å². The minimum absolute atomic E-state index is 0.0912. The second-order valence-corrected chi connectivity index (χ2v) is 6.28. The molecule has 1 saturated heterocycles. The Bertz CT molecular complexity index is 624. The number of ether oxygens (including phenoxy) is 1. The van der Waals surface area contributed by atoms with Gasteiger partial charge in [-0.05, 0) is 26.2 Å². The molecule has 0 aliphatic carbocycles. The molecule has 0 atom stereocenters. The van der Waals surface area contributed by atoms with Crippen LogP contribution in [0.3, 0.4) is 0 Å². The molecule has 0 aromatic carbocycles. The van der Waals surface area contributed by atoms with Gasteiger partial charge in [-0.3, -0.25) is 4.79 Å². The molecule has 0 aromatic rings. The van der Waals surface area contributed by atoms with Gasteiger partial charge in [0.1, 0.15) is 11.7 Å². The monoisotopic (exact) mass is 386 g/mol. The van der Waals surface area contributed by atoms with E-state index in [9.17, 15) is 14.4 Å². The Balaban J connectivity index is 0.00000151. The highest BCUT2D eigenvalue weighted by Gasteiger charge is 2.60. The number of likely N-dealkylation sites (tertiary alicyclic amines) is 1. The number of amides is 2. The van der Waals surface area contributed by atoms with Gasteiger partial charge in [-0.1, -0.05) is 24.8 Å². The smallest absolute Gasteiger partial charge is 0.410 e. The number of rotatable bonds is 5. The normalized spacial score (nSPS) is 17.9. The predicted molar refractivity (Wildman–Crippen MR) is 101 cm³/mol. The molecule has 2 aliphatic rings. The third kappa shape index (κ3) is 3.77. The third-order valence-corrected chi connectivity index (χ3v) is 4.11. The van der Waals surface area contributed by atoms with Gasteiger partial charge >= 0.3 is 6.09 Å². The lowest BCUT2D eigenvalue weighted by atomic mass is 9.73. The van der Waals surface area contributed by atoms with E-state index in [2.05, 4.69) is 25.8 Å². The van der Waals surface area contributed by atoms with E-state index in [-0.39, 0.29) is 36.7 Å². The van der Waals surface area contributed by atoms with Gasteiger partial charge < -0.3 is 19.3 Å². The number of carbonyl (C=O) groups excluding carboxylic acids is 3. The number of allylic oxidation sites excluding steroid dienone is 2. The lowest BCUT2D eigenvalue weighted by molar-refractivity contribution is -0.143. The second kappa shape index (κ2) is 8.58. The Morgan fingerprint density at radius 3 is 2.40 bits per heavy atom. The topological polar surface area (TPSA) is 66.9 Å². The van der Waals surface area contributed by atoms with Crippen molar-refractivity contribution in [2.45, 2.75) is 20.0 Å². The van der Waals surface area contributed by atoms with Crippen LogP contribution in [0, 0.1) is 5.41 Å². The van der Waals surface area contributed by atoms with Gasteiger partial charge in [-0.15, -0.1) is 0 Å². The highest BCUT2D eigenvalue weighted by molar-refractivity contribution is 7.79. The second-order valence-electron chi connectivity index (χ2n) is 5.82. The Labute approximate surface area is 158 Å². The molecule has 8 heteroatoms. The minimum atomic E-state index is -0.971. The van der Waals surface area contributed by atoms with Crippen LogP contribution in [0.15, 0.2) is 35.5 Å². The molecule has 0 bridgehead atoms. The standard InChI is InChI=1S/C16H19ClN2O4.CH4S/c1-5-12-13(11(4)17)16(14(21)19(12)6-7-20)8-18(9-16)15(22)23-10(2)3;1-2/h5,7,10H,1,4,6,8-9H2,2-3H3;2H,1H3. The summed E-state index contributed by atoms with van der Waals surface area (Å²) in [5.41, 5.74) is 0.0232. The van der Waals surface area contributed by atoms with Crippen molar-refractivity contribution < 1.29 is 19.1 Å². The maximum absolute atomic E-state index is 12.8. The average Bonchev–Trinajstić information content (AvgIpc) is 2.76. The zero-order valence-corrected chi connectivity index (χ0v) is 16.3. The first-order valence-corrected chi connectivity index (χ1v) is 8.93. The first kappa shape index (κ1) is 21.3. The molecule has 0 N–H and O–H groups in total. The summed E-state index contributed by atoms with van der Waals surface area (Å²) in [7, 11) is 0. The Morgan fingerprint density at radius 2 is 2.00 bits per heavy atom. The summed E-state index contributed by atoms with van der Waals surface area (Å²) >= 11 is 9.62. The first-order chi connectivity index (χ1) is 11.8. The Morgan fingerprint density at radius 1 is 1.44 bits per heavy atom. The molecule has 25 heavy (non-hydrogen) atoms. The van der Waals surface area contributed by atoms with Crippen molar-refractivity contribution in [3.8, 4) is 0 Å². The summed E-state index contributed by atoms with van der Waals surface area (Å²) in [6.45, 7) is 11.1. The van der Waals surface area contributed by atoms with Gasteiger partial charge in [0, 0.05) is 29.4 Å². The fourth-order valence-corrected chi connectivity index (χ4v) is 3.30. The number of hydrogen-bond acceptors (Lipinski definition) is 5. The van der Waals surface area contributed by atoms with E-state index in [1.165, 1.54) is 15.9 Å². The quantitative estimate of drug-likeness (QED) is 0.582. The van der Waals surface area contributed by atoms with Crippen LogP contribution in [0.2, 0.25) is 0 Å². The van der Waals surface area contributed by atoms with E-state index < -0.39 is 11.5 Å². The van der Waals surface area contributed by atoms with Crippen LogP contribution in [0.5, 0.6) is 0 Å². The van der Waals surface area contributed by atoms with Gasteiger partial charge in [0.25, 0.3) is 0 Å². The fraction of sp³-hybridized carbons (Fsp3) is 0.471. The molecular weight excluding hydrogens is 364 g/mol. The third-order valence-electron chi connectivity index (χ3n) is 3.92. The zero-order valence-electron chi connectivity index (χ0n) is 14.6. The molecule has 0 saturated carbocycles. The van der Waals surface area contributed by atoms with Crippen molar-refractivity contribution in [3.63, 3.8) is 0 Å². The van der Waals surface area contributed by atoms with Gasteiger partial charge in [0.05, 0.1) is 12.6 Å². The van der Waals surface area contributed by atoms with Crippen molar-refractivity contribution in [2.75, 3.05) is 25.9 Å². The number of nitrogens with zero attached hydrogens (tertiary/aromatic N) is 2. The molecule has 0 radical (unpaired) electrons. The highest BCUT2D eigenvalue weighted by atomic mass is 35.5. The maximum Gasteiger partial charge on any atom is 0.410 e. The van der Waals surface area contributed by atoms with Crippen molar-refractivity contribution in [2.24, 2.45) is 5.41 Å². The van der Waals surface area contributed by atoms with Crippen LogP contribution in [0.25, 0.3) is 0 Å². The molecule has 2 aliphatic heterocycles. The van der Waals surface area contributed by atoms with Crippen molar-refractivity contribution in [1.29, 1.82) is 0 Å². The van der Waals surface area contributed by atoms with Gasteiger partial charge in [-0.2, -0.15) is 12.6 Å². The average molecular weight is 387 g/mol. The van der Waals surface area contributed by atoms with E-state index in [1.54, 1.807) is 20.1 Å². The molecule has 2 heterocycles. The summed E-state index contributed by atoms with van der Waals surface area (Å²) < 4.78 is 5.13. The summed E-state index contributed by atoms with van der Waals surface area (Å²) in [4.78, 5) is 38.3. The number of thiol groups is 1. The lowest BCUT2D eigenvalue weighted by Crippen LogP contribution is -2.63. The summed E-state index contributed by atoms with van der Waals surface area (Å²) in [6.07, 6.45) is 3.09. The molecular formula is C17H23ClN2O4S. The Kier molecular flexibility index (Phi) is 7.31. The molecule has 0 unspecified atom stereocenters. The van der Waals surface area contributed by atoms with Gasteiger partial charge in [0.15, 0.2) is 0 Å². The van der Waals surface area contributed by atoms with Crippen LogP contribution in [-0.4, -0.2) is 60.1 Å². The number of halogens is 1. The Hall–Kier alpha value is -1.73. The summed E-state index contributed by atoms with van der Waals surface area (Å²) in [5.74, 6) is -0.273. The van der Waals surface area contributed by atoms with Crippen molar-refractivity contribution >= 4 is 42.5 Å². The number of hydrogen-bond donors (Lipinski definition) is 1. The summed E-state index contributed by atoms with van der Waals surface area (Å²) in [5, 5.41) is 0.207. The molecule has 0 aromatic heterocycles. The van der Waals surface area contributed by atoms with Gasteiger partial charge in [0.2, 0.25) is 5.91 Å². The number of carbonyl (C=O) groups is 3. The van der Waals surface area contributed by atoms with E-state index in [4.69, 9.17) is 16.3 Å². The first-order valence-electron chi connectivity index (χ1n) is 7.66. The van der Waals surface area contributed by atoms with Crippen LogP contribution in [-0.2, 0) is 14.3 Å². The number of aldehydes is 1. The highest BCUT2D eigenvalue weighted by Crippen LogP contribution is 2.50. The van der Waals surface area contributed by atoms with E-state index in [0.717, 1.165) is 0 Å². The van der Waals surface area contributed by atoms with Gasteiger partial charge in [-0.25, -0.2) is 4.79 Å². The fourth-order valence-electron chi connectivity index (χ4n) is 3.03. The van der Waals surface area contributed by atoms with E-state index in [0.29, 0.717) is 17.6 Å².